The number of carbonyl (C=O) groups excluding carboxylic acids is 1. The molecule has 0 saturated carbocycles. The summed E-state index contributed by atoms with van der Waals surface area (Å²) in [6, 6.07) is 14.0. The van der Waals surface area contributed by atoms with Crippen molar-refractivity contribution >= 4 is 16.8 Å². The van der Waals surface area contributed by atoms with E-state index < -0.39 is 5.24 Å². The molecule has 0 atom stereocenters. The van der Waals surface area contributed by atoms with Crippen LogP contribution in [0.4, 0.5) is 0 Å². The minimum absolute atomic E-state index is 0.380. The molecule has 0 saturated heterocycles. The zero-order valence-corrected chi connectivity index (χ0v) is 10.9. The molecule has 2 aromatic rings. The van der Waals surface area contributed by atoms with Gasteiger partial charge in [0.05, 0.1) is 18.7 Å². The van der Waals surface area contributed by atoms with Crippen LogP contribution in [-0.4, -0.2) is 12.4 Å². The topological polar surface area (TPSA) is 50.1 Å². The Morgan fingerprint density at radius 2 is 1.89 bits per heavy atom. The van der Waals surface area contributed by atoms with Crippen LogP contribution in [0.25, 0.3) is 11.1 Å². The first-order valence-electron chi connectivity index (χ1n) is 5.54. The molecule has 0 amide bonds. The molecule has 19 heavy (non-hydrogen) atoms. The summed E-state index contributed by atoms with van der Waals surface area (Å²) < 4.78 is 5.08. The lowest BCUT2D eigenvalue weighted by molar-refractivity contribution is 0.108. The molecule has 0 radical (unpaired) electrons. The van der Waals surface area contributed by atoms with Gasteiger partial charge in [-0.2, -0.15) is 5.26 Å². The molecule has 2 rings (SSSR count). The molecule has 0 N–H and O–H groups in total. The summed E-state index contributed by atoms with van der Waals surface area (Å²) in [5, 5.41) is 8.39. The number of hydrogen-bond acceptors (Lipinski definition) is 3. The molecule has 0 aromatic heterocycles. The molecule has 0 heterocycles. The summed E-state index contributed by atoms with van der Waals surface area (Å²) >= 11 is 5.57. The molecule has 0 spiro atoms. The van der Waals surface area contributed by atoms with Gasteiger partial charge in [-0.3, -0.25) is 4.79 Å². The molecule has 0 fully saturated rings. The van der Waals surface area contributed by atoms with Gasteiger partial charge in [-0.15, -0.1) is 0 Å². The van der Waals surface area contributed by atoms with E-state index in [9.17, 15) is 4.79 Å². The highest BCUT2D eigenvalue weighted by Gasteiger charge is 2.11. The summed E-state index contributed by atoms with van der Waals surface area (Å²) in [5.74, 6) is 0.721. The first kappa shape index (κ1) is 13.1. The second-order valence-electron chi connectivity index (χ2n) is 3.87. The van der Waals surface area contributed by atoms with Crippen molar-refractivity contribution in [2.45, 2.75) is 0 Å². The van der Waals surface area contributed by atoms with Crippen molar-refractivity contribution in [3.05, 3.63) is 53.6 Å². The van der Waals surface area contributed by atoms with Gasteiger partial charge in [0.15, 0.2) is 0 Å². The van der Waals surface area contributed by atoms with Gasteiger partial charge in [-0.1, -0.05) is 12.1 Å². The molecule has 0 unspecified atom stereocenters. The smallest absolute Gasteiger partial charge is 0.253 e. The summed E-state index contributed by atoms with van der Waals surface area (Å²) in [4.78, 5) is 11.4. The summed E-state index contributed by atoms with van der Waals surface area (Å²) in [6.45, 7) is 0. The Kier molecular flexibility index (Phi) is 3.84. The fourth-order valence-corrected chi connectivity index (χ4v) is 1.96. The van der Waals surface area contributed by atoms with Gasteiger partial charge >= 0.3 is 0 Å². The van der Waals surface area contributed by atoms with E-state index in [4.69, 9.17) is 21.6 Å². The van der Waals surface area contributed by atoms with Crippen LogP contribution in [0.1, 0.15) is 15.9 Å². The van der Waals surface area contributed by atoms with Crippen LogP contribution in [0.15, 0.2) is 42.5 Å². The van der Waals surface area contributed by atoms with E-state index in [2.05, 4.69) is 0 Å². The van der Waals surface area contributed by atoms with Crippen molar-refractivity contribution in [1.29, 1.82) is 5.26 Å². The lowest BCUT2D eigenvalue weighted by Crippen LogP contribution is -1.95. The standard InChI is InChI=1S/C15H10ClNO2/c1-19-12-5-3-11(4-6-12)14-8-10(9-17)2-7-13(14)15(16)18/h2-8H,1H3. The minimum atomic E-state index is -0.546. The maximum absolute atomic E-state index is 11.4. The summed E-state index contributed by atoms with van der Waals surface area (Å²) in [7, 11) is 1.58. The third kappa shape index (κ3) is 2.75. The summed E-state index contributed by atoms with van der Waals surface area (Å²) in [5.41, 5.74) is 2.31. The number of halogens is 1. The van der Waals surface area contributed by atoms with Gasteiger partial charge in [-0.05, 0) is 53.1 Å². The largest absolute Gasteiger partial charge is 0.497 e. The third-order valence-corrected chi connectivity index (χ3v) is 2.97. The number of benzene rings is 2. The number of rotatable bonds is 3. The van der Waals surface area contributed by atoms with Gasteiger partial charge in [0.2, 0.25) is 0 Å². The molecule has 94 valence electrons. The van der Waals surface area contributed by atoms with Crippen molar-refractivity contribution in [1.82, 2.24) is 0 Å². The number of ether oxygens (including phenoxy) is 1. The minimum Gasteiger partial charge on any atom is -0.497 e. The zero-order chi connectivity index (χ0) is 13.8. The average Bonchev–Trinajstić information content (AvgIpc) is 2.46. The van der Waals surface area contributed by atoms with E-state index in [1.165, 1.54) is 0 Å². The van der Waals surface area contributed by atoms with Crippen LogP contribution in [0.3, 0.4) is 0 Å². The normalized spacial score (nSPS) is 9.74. The Balaban J connectivity index is 2.58. The van der Waals surface area contributed by atoms with Crippen molar-refractivity contribution in [3.63, 3.8) is 0 Å². The lowest BCUT2D eigenvalue weighted by atomic mass is 9.98. The van der Waals surface area contributed by atoms with E-state index in [1.807, 2.05) is 18.2 Å². The van der Waals surface area contributed by atoms with Crippen molar-refractivity contribution in [2.75, 3.05) is 7.11 Å². The van der Waals surface area contributed by atoms with Crippen LogP contribution < -0.4 is 4.74 Å². The van der Waals surface area contributed by atoms with Gasteiger partial charge in [-0.25, -0.2) is 0 Å². The Labute approximate surface area is 116 Å². The van der Waals surface area contributed by atoms with Crippen molar-refractivity contribution in [2.24, 2.45) is 0 Å². The Morgan fingerprint density at radius 3 is 2.42 bits per heavy atom. The number of methoxy groups -OCH3 is 1. The van der Waals surface area contributed by atoms with Gasteiger partial charge in [0.25, 0.3) is 5.24 Å². The van der Waals surface area contributed by atoms with Crippen LogP contribution >= 0.6 is 11.6 Å². The Hall–Kier alpha value is -2.31. The highest BCUT2D eigenvalue weighted by atomic mass is 35.5. The van der Waals surface area contributed by atoms with Crippen molar-refractivity contribution < 1.29 is 9.53 Å². The maximum Gasteiger partial charge on any atom is 0.253 e. The molecule has 0 bridgehead atoms. The maximum atomic E-state index is 11.4. The predicted molar refractivity (Wildman–Crippen MR) is 73.3 cm³/mol. The van der Waals surface area contributed by atoms with Gasteiger partial charge < -0.3 is 4.74 Å². The number of nitrogens with zero attached hydrogens (tertiary/aromatic N) is 1. The molecule has 4 heteroatoms. The van der Waals surface area contributed by atoms with Gasteiger partial charge in [0, 0.05) is 5.56 Å². The predicted octanol–water partition coefficient (Wildman–Crippen LogP) is 3.61. The summed E-state index contributed by atoms with van der Waals surface area (Å²) in [6.07, 6.45) is 0. The Morgan fingerprint density at radius 1 is 1.21 bits per heavy atom. The molecular weight excluding hydrogens is 262 g/mol. The van der Waals surface area contributed by atoms with E-state index in [1.54, 1.807) is 37.4 Å². The zero-order valence-electron chi connectivity index (χ0n) is 10.2. The molecule has 0 aliphatic heterocycles. The van der Waals surface area contributed by atoms with Crippen LogP contribution in [0.2, 0.25) is 0 Å². The van der Waals surface area contributed by atoms with Crippen LogP contribution in [0, 0.1) is 11.3 Å². The SMILES string of the molecule is COc1ccc(-c2cc(C#N)ccc2C(=O)Cl)cc1. The molecule has 2 aromatic carbocycles. The average molecular weight is 272 g/mol. The fourth-order valence-electron chi connectivity index (χ4n) is 1.79. The Bertz CT molecular complexity index is 657. The van der Waals surface area contributed by atoms with E-state index in [0.717, 1.165) is 11.3 Å². The number of hydrogen-bond donors (Lipinski definition) is 0. The van der Waals surface area contributed by atoms with Gasteiger partial charge in [0.1, 0.15) is 5.75 Å². The first-order chi connectivity index (χ1) is 9.15. The fraction of sp³-hybridized carbons (Fsp3) is 0.0667. The first-order valence-corrected chi connectivity index (χ1v) is 5.92. The highest BCUT2D eigenvalue weighted by molar-refractivity contribution is 6.68. The number of carbonyl (C=O) groups is 1. The highest BCUT2D eigenvalue weighted by Crippen LogP contribution is 2.27. The molecule has 0 aliphatic carbocycles. The van der Waals surface area contributed by atoms with Crippen LogP contribution in [0.5, 0.6) is 5.75 Å². The van der Waals surface area contributed by atoms with E-state index in [-0.39, 0.29) is 0 Å². The van der Waals surface area contributed by atoms with Crippen LogP contribution in [-0.2, 0) is 0 Å². The second kappa shape index (κ2) is 5.55. The molecule has 3 nitrogen and oxygen atoms in total. The third-order valence-electron chi connectivity index (χ3n) is 2.76. The van der Waals surface area contributed by atoms with E-state index in [0.29, 0.717) is 16.7 Å². The number of nitriles is 1. The lowest BCUT2D eigenvalue weighted by Gasteiger charge is -2.08. The molecular formula is C15H10ClNO2. The van der Waals surface area contributed by atoms with Crippen molar-refractivity contribution in [3.8, 4) is 22.9 Å². The quantitative estimate of drug-likeness (QED) is 0.801. The van der Waals surface area contributed by atoms with E-state index >= 15 is 0 Å². The monoisotopic (exact) mass is 271 g/mol. The molecule has 0 aliphatic rings. The second-order valence-corrected chi connectivity index (χ2v) is 4.22.